The number of fused-ring (bicyclic) bond motifs is 1. The minimum atomic E-state index is 0.334. The molecular formula is C12H15N3OS. The summed E-state index contributed by atoms with van der Waals surface area (Å²) in [5.74, 6) is 0.334. The first-order chi connectivity index (χ1) is 8.24. The number of hydrogen-bond donors (Lipinski definition) is 1. The zero-order chi connectivity index (χ0) is 11.8. The summed E-state index contributed by atoms with van der Waals surface area (Å²) >= 11 is 1.58. The minimum Gasteiger partial charge on any atom is -0.506 e. The quantitative estimate of drug-likeness (QED) is 0.836. The molecule has 0 radical (unpaired) electrons. The average molecular weight is 249 g/mol. The lowest BCUT2D eigenvalue weighted by Crippen LogP contribution is -2.44. The van der Waals surface area contributed by atoms with Crippen molar-refractivity contribution in [3.63, 3.8) is 0 Å². The van der Waals surface area contributed by atoms with Crippen LogP contribution in [0.2, 0.25) is 0 Å². The van der Waals surface area contributed by atoms with Crippen molar-refractivity contribution < 1.29 is 5.11 Å². The van der Waals surface area contributed by atoms with Gasteiger partial charge in [-0.05, 0) is 19.2 Å². The molecule has 0 spiro atoms. The number of thiazole rings is 1. The van der Waals surface area contributed by atoms with Gasteiger partial charge in [-0.15, -0.1) is 0 Å². The average Bonchev–Trinajstić information content (AvgIpc) is 2.75. The summed E-state index contributed by atoms with van der Waals surface area (Å²) in [4.78, 5) is 9.20. The molecule has 90 valence electrons. The Morgan fingerprint density at radius 1 is 1.24 bits per heavy atom. The number of phenolic OH excluding ortho intramolecular Hbond substituents is 1. The van der Waals surface area contributed by atoms with Crippen LogP contribution >= 0.6 is 11.3 Å². The van der Waals surface area contributed by atoms with E-state index in [0.717, 1.165) is 41.5 Å². The molecule has 0 bridgehead atoms. The van der Waals surface area contributed by atoms with E-state index in [1.54, 1.807) is 17.4 Å². The third-order valence-corrected chi connectivity index (χ3v) is 4.31. The summed E-state index contributed by atoms with van der Waals surface area (Å²) < 4.78 is 0.890. The number of hydrogen-bond acceptors (Lipinski definition) is 5. The number of likely N-dealkylation sites (N-methyl/N-ethyl adjacent to an activating group) is 1. The Balaban J connectivity index is 1.93. The third kappa shape index (κ3) is 1.96. The standard InChI is InChI=1S/C12H15N3OS/c1-14-5-7-15(8-6-14)12-13-9-3-2-4-10(16)11(9)17-12/h2-4,16H,5-8H2,1H3. The van der Waals surface area contributed by atoms with E-state index in [1.165, 1.54) is 0 Å². The van der Waals surface area contributed by atoms with E-state index >= 15 is 0 Å². The van der Waals surface area contributed by atoms with Crippen LogP contribution in [0.25, 0.3) is 10.2 Å². The van der Waals surface area contributed by atoms with Crippen molar-refractivity contribution in [3.8, 4) is 5.75 Å². The molecule has 1 aromatic heterocycles. The fourth-order valence-corrected chi connectivity index (χ4v) is 3.08. The second-order valence-corrected chi connectivity index (χ2v) is 5.39. The molecule has 1 saturated heterocycles. The summed E-state index contributed by atoms with van der Waals surface area (Å²) in [6.45, 7) is 4.16. The minimum absolute atomic E-state index is 0.334. The SMILES string of the molecule is CN1CCN(c2nc3cccc(O)c3s2)CC1. The van der Waals surface area contributed by atoms with Crippen LogP contribution in [-0.4, -0.2) is 48.2 Å². The second-order valence-electron chi connectivity index (χ2n) is 4.41. The molecule has 0 saturated carbocycles. The molecule has 1 fully saturated rings. The topological polar surface area (TPSA) is 39.6 Å². The van der Waals surface area contributed by atoms with Gasteiger partial charge in [-0.25, -0.2) is 4.98 Å². The number of nitrogens with zero attached hydrogens (tertiary/aromatic N) is 3. The normalized spacial score (nSPS) is 17.8. The zero-order valence-electron chi connectivity index (χ0n) is 9.76. The van der Waals surface area contributed by atoms with Crippen LogP contribution in [0.1, 0.15) is 0 Å². The molecule has 5 heteroatoms. The van der Waals surface area contributed by atoms with Crippen molar-refractivity contribution in [2.24, 2.45) is 0 Å². The summed E-state index contributed by atoms with van der Waals surface area (Å²) in [7, 11) is 2.14. The molecule has 1 aromatic carbocycles. The van der Waals surface area contributed by atoms with E-state index in [1.807, 2.05) is 12.1 Å². The van der Waals surface area contributed by atoms with Crippen molar-refractivity contribution >= 4 is 26.7 Å². The van der Waals surface area contributed by atoms with Crippen molar-refractivity contribution in [2.75, 3.05) is 38.1 Å². The Kier molecular flexibility index (Phi) is 2.64. The lowest BCUT2D eigenvalue weighted by molar-refractivity contribution is 0.313. The Morgan fingerprint density at radius 3 is 2.71 bits per heavy atom. The molecule has 1 aliphatic rings. The van der Waals surface area contributed by atoms with Gasteiger partial charge in [0, 0.05) is 26.2 Å². The Labute approximate surface area is 104 Å². The van der Waals surface area contributed by atoms with Gasteiger partial charge in [0.2, 0.25) is 0 Å². The van der Waals surface area contributed by atoms with Crippen LogP contribution in [-0.2, 0) is 0 Å². The molecule has 2 heterocycles. The highest BCUT2D eigenvalue weighted by atomic mass is 32.1. The van der Waals surface area contributed by atoms with E-state index < -0.39 is 0 Å². The number of aromatic nitrogens is 1. The number of anilines is 1. The van der Waals surface area contributed by atoms with Gasteiger partial charge in [-0.2, -0.15) is 0 Å². The molecule has 3 rings (SSSR count). The number of rotatable bonds is 1. The van der Waals surface area contributed by atoms with Gasteiger partial charge >= 0.3 is 0 Å². The highest BCUT2D eigenvalue weighted by molar-refractivity contribution is 7.22. The van der Waals surface area contributed by atoms with E-state index in [4.69, 9.17) is 0 Å². The zero-order valence-corrected chi connectivity index (χ0v) is 10.6. The number of aromatic hydroxyl groups is 1. The first kappa shape index (κ1) is 10.8. The summed E-state index contributed by atoms with van der Waals surface area (Å²) in [6, 6.07) is 5.50. The first-order valence-electron chi connectivity index (χ1n) is 5.76. The monoisotopic (exact) mass is 249 g/mol. The number of piperazine rings is 1. The van der Waals surface area contributed by atoms with Crippen molar-refractivity contribution in [1.82, 2.24) is 9.88 Å². The molecule has 1 aliphatic heterocycles. The fraction of sp³-hybridized carbons (Fsp3) is 0.417. The van der Waals surface area contributed by atoms with Gasteiger partial charge in [-0.3, -0.25) is 0 Å². The molecule has 2 aromatic rings. The van der Waals surface area contributed by atoms with Crippen LogP contribution in [0.3, 0.4) is 0 Å². The second kappa shape index (κ2) is 4.16. The Bertz CT molecular complexity index is 532. The highest BCUT2D eigenvalue weighted by Crippen LogP contribution is 2.34. The maximum atomic E-state index is 9.77. The summed E-state index contributed by atoms with van der Waals surface area (Å²) in [5, 5.41) is 10.8. The predicted molar refractivity (Wildman–Crippen MR) is 71.0 cm³/mol. The maximum Gasteiger partial charge on any atom is 0.186 e. The van der Waals surface area contributed by atoms with Crippen LogP contribution in [0.5, 0.6) is 5.75 Å². The first-order valence-corrected chi connectivity index (χ1v) is 6.58. The lowest BCUT2D eigenvalue weighted by Gasteiger charge is -2.31. The van der Waals surface area contributed by atoms with Gasteiger partial charge in [0.05, 0.1) is 10.2 Å². The number of benzene rings is 1. The Morgan fingerprint density at radius 2 is 2.00 bits per heavy atom. The van der Waals surface area contributed by atoms with Crippen molar-refractivity contribution in [3.05, 3.63) is 18.2 Å². The predicted octanol–water partition coefficient (Wildman–Crippen LogP) is 1.75. The van der Waals surface area contributed by atoms with Crippen LogP contribution in [0.4, 0.5) is 5.13 Å². The van der Waals surface area contributed by atoms with Gasteiger partial charge in [0.25, 0.3) is 0 Å². The molecule has 0 aliphatic carbocycles. The molecule has 1 N–H and O–H groups in total. The maximum absolute atomic E-state index is 9.77. The van der Waals surface area contributed by atoms with Gasteiger partial charge in [0.1, 0.15) is 5.75 Å². The Hall–Kier alpha value is -1.33. The molecule has 17 heavy (non-hydrogen) atoms. The molecule has 0 amide bonds. The largest absolute Gasteiger partial charge is 0.506 e. The van der Waals surface area contributed by atoms with Crippen molar-refractivity contribution in [2.45, 2.75) is 0 Å². The molecular weight excluding hydrogens is 234 g/mol. The van der Waals surface area contributed by atoms with Crippen LogP contribution in [0.15, 0.2) is 18.2 Å². The van der Waals surface area contributed by atoms with E-state index in [0.29, 0.717) is 5.75 Å². The van der Waals surface area contributed by atoms with Crippen LogP contribution < -0.4 is 4.90 Å². The lowest BCUT2D eigenvalue weighted by atomic mass is 10.3. The highest BCUT2D eigenvalue weighted by Gasteiger charge is 2.18. The molecule has 4 nitrogen and oxygen atoms in total. The van der Waals surface area contributed by atoms with E-state index in [-0.39, 0.29) is 0 Å². The van der Waals surface area contributed by atoms with Gasteiger partial charge < -0.3 is 14.9 Å². The summed E-state index contributed by atoms with van der Waals surface area (Å²) in [6.07, 6.45) is 0. The fourth-order valence-electron chi connectivity index (χ4n) is 2.06. The van der Waals surface area contributed by atoms with Gasteiger partial charge in [-0.1, -0.05) is 17.4 Å². The summed E-state index contributed by atoms with van der Waals surface area (Å²) in [5.41, 5.74) is 0.893. The third-order valence-electron chi connectivity index (χ3n) is 3.16. The van der Waals surface area contributed by atoms with Gasteiger partial charge in [0.15, 0.2) is 5.13 Å². The molecule has 0 unspecified atom stereocenters. The smallest absolute Gasteiger partial charge is 0.186 e. The van der Waals surface area contributed by atoms with Crippen LogP contribution in [0, 0.1) is 0 Å². The van der Waals surface area contributed by atoms with E-state index in [9.17, 15) is 5.11 Å². The number of phenols is 1. The van der Waals surface area contributed by atoms with E-state index in [2.05, 4.69) is 21.8 Å². The van der Waals surface area contributed by atoms with Crippen molar-refractivity contribution in [1.29, 1.82) is 0 Å². The molecule has 0 atom stereocenters.